The van der Waals surface area contributed by atoms with Crippen LogP contribution in [0.1, 0.15) is 31.4 Å². The van der Waals surface area contributed by atoms with E-state index >= 15 is 0 Å². The molecule has 1 atom stereocenters. The molecule has 1 rings (SSSR count). The average molecular weight is 362 g/mol. The van der Waals surface area contributed by atoms with Gasteiger partial charge in [0.05, 0.1) is 12.7 Å². The fourth-order valence-electron chi connectivity index (χ4n) is 1.98. The van der Waals surface area contributed by atoms with Gasteiger partial charge in [0, 0.05) is 13.5 Å². The molecule has 138 valence electrons. The molecule has 0 spiro atoms. The third-order valence-electron chi connectivity index (χ3n) is 3.37. The molecule has 0 bridgehead atoms. The van der Waals surface area contributed by atoms with Crippen LogP contribution in [0.3, 0.4) is 0 Å². The lowest BCUT2D eigenvalue weighted by Gasteiger charge is -2.32. The molecule has 0 N–H and O–H groups in total. The van der Waals surface area contributed by atoms with Crippen LogP contribution in [-0.2, 0) is 4.74 Å². The lowest BCUT2D eigenvalue weighted by molar-refractivity contribution is -0.348. The third-order valence-corrected chi connectivity index (χ3v) is 3.37. The molecule has 0 aromatic heterocycles. The van der Waals surface area contributed by atoms with Crippen LogP contribution in [0, 0.1) is 0 Å². The van der Waals surface area contributed by atoms with Crippen LogP contribution in [0.4, 0.5) is 30.7 Å². The fraction of sp³-hybridized carbons (Fsp3) is 0.600. The first-order valence-corrected chi connectivity index (χ1v) is 7.04. The van der Waals surface area contributed by atoms with Crippen LogP contribution in [0.5, 0.6) is 5.75 Å². The molecule has 0 radical (unpaired) electrons. The molecule has 0 aliphatic carbocycles. The zero-order chi connectivity index (χ0) is 18.6. The fourth-order valence-corrected chi connectivity index (χ4v) is 1.98. The van der Waals surface area contributed by atoms with Gasteiger partial charge in [-0.05, 0) is 24.1 Å². The Kier molecular flexibility index (Phi) is 6.49. The monoisotopic (exact) mass is 362 g/mol. The molecule has 0 heterocycles. The molecule has 9 heteroatoms. The smallest absolute Gasteiger partial charge is 0.431 e. The van der Waals surface area contributed by atoms with E-state index in [0.717, 1.165) is 13.5 Å². The van der Waals surface area contributed by atoms with Crippen molar-refractivity contribution in [2.75, 3.05) is 13.7 Å². The van der Waals surface area contributed by atoms with E-state index in [2.05, 4.69) is 4.74 Å². The van der Waals surface area contributed by atoms with E-state index in [1.165, 1.54) is 24.3 Å². The van der Waals surface area contributed by atoms with E-state index in [4.69, 9.17) is 4.74 Å². The van der Waals surface area contributed by atoms with E-state index in [1.807, 2.05) is 6.92 Å². The number of alkyl halides is 7. The molecule has 0 amide bonds. The second kappa shape index (κ2) is 7.58. The summed E-state index contributed by atoms with van der Waals surface area (Å²) >= 11 is 0. The number of hydrogen-bond acceptors (Lipinski definition) is 2. The van der Waals surface area contributed by atoms with Crippen molar-refractivity contribution in [3.8, 4) is 5.75 Å². The van der Waals surface area contributed by atoms with Gasteiger partial charge in [-0.1, -0.05) is 19.1 Å². The maximum absolute atomic E-state index is 13.8. The molecule has 1 aromatic rings. The van der Waals surface area contributed by atoms with Gasteiger partial charge in [-0.15, -0.1) is 0 Å². The number of benzene rings is 1. The minimum Gasteiger partial charge on any atom is -0.494 e. The number of ether oxygens (including phenoxy) is 2. The summed E-state index contributed by atoms with van der Waals surface area (Å²) in [5, 5.41) is 0. The zero-order valence-corrected chi connectivity index (χ0v) is 13.0. The standard InChI is InChI=1S/C15H17F7O2/c1-3-8-24-11-6-4-10(5-7-11)12(23-2)9-13(16,14(17,18)19)15(20,21)22/h4-7,12H,3,8-9H2,1-2H3. The average Bonchev–Trinajstić information content (AvgIpc) is 2.48. The van der Waals surface area contributed by atoms with E-state index in [0.29, 0.717) is 12.4 Å². The van der Waals surface area contributed by atoms with Gasteiger partial charge in [0.1, 0.15) is 5.75 Å². The second-order valence-corrected chi connectivity index (χ2v) is 5.14. The van der Waals surface area contributed by atoms with E-state index in [-0.39, 0.29) is 5.56 Å². The van der Waals surface area contributed by atoms with Gasteiger partial charge in [-0.2, -0.15) is 26.3 Å². The van der Waals surface area contributed by atoms with Crippen molar-refractivity contribution in [1.29, 1.82) is 0 Å². The topological polar surface area (TPSA) is 18.5 Å². The normalized spacial score (nSPS) is 14.5. The van der Waals surface area contributed by atoms with Gasteiger partial charge in [-0.3, -0.25) is 0 Å². The first kappa shape index (κ1) is 20.5. The number of hydrogen-bond donors (Lipinski definition) is 0. The van der Waals surface area contributed by atoms with E-state index < -0.39 is 30.5 Å². The summed E-state index contributed by atoms with van der Waals surface area (Å²) in [6, 6.07) is 5.23. The van der Waals surface area contributed by atoms with Gasteiger partial charge >= 0.3 is 18.0 Å². The van der Waals surface area contributed by atoms with Crippen LogP contribution in [0.2, 0.25) is 0 Å². The Morgan fingerprint density at radius 1 is 0.917 bits per heavy atom. The summed E-state index contributed by atoms with van der Waals surface area (Å²) in [5.74, 6) is 0.397. The Balaban J connectivity index is 3.04. The zero-order valence-electron chi connectivity index (χ0n) is 13.0. The summed E-state index contributed by atoms with van der Waals surface area (Å²) in [5.41, 5.74) is -5.38. The number of halogens is 7. The lowest BCUT2D eigenvalue weighted by Crippen LogP contribution is -2.54. The highest BCUT2D eigenvalue weighted by Gasteiger charge is 2.72. The Morgan fingerprint density at radius 3 is 1.79 bits per heavy atom. The summed E-state index contributed by atoms with van der Waals surface area (Å²) < 4.78 is 99.6. The van der Waals surface area contributed by atoms with Crippen molar-refractivity contribution < 1.29 is 40.2 Å². The Hall–Kier alpha value is -1.51. The van der Waals surface area contributed by atoms with Crippen molar-refractivity contribution in [2.45, 2.75) is 43.9 Å². The van der Waals surface area contributed by atoms with Crippen molar-refractivity contribution in [2.24, 2.45) is 0 Å². The first-order valence-electron chi connectivity index (χ1n) is 7.04. The molecular weight excluding hydrogens is 345 g/mol. The van der Waals surface area contributed by atoms with Gasteiger partial charge in [-0.25, -0.2) is 4.39 Å². The van der Waals surface area contributed by atoms with Gasteiger partial charge in [0.2, 0.25) is 0 Å². The minimum atomic E-state index is -6.10. The van der Waals surface area contributed by atoms with E-state index in [9.17, 15) is 30.7 Å². The Bertz CT molecular complexity index is 494. The first-order chi connectivity index (χ1) is 11.0. The highest BCUT2D eigenvalue weighted by molar-refractivity contribution is 5.29. The highest BCUT2D eigenvalue weighted by atomic mass is 19.4. The molecule has 1 aromatic carbocycles. The van der Waals surface area contributed by atoms with Gasteiger partial charge in [0.15, 0.2) is 0 Å². The molecule has 0 saturated heterocycles. The molecule has 0 fully saturated rings. The van der Waals surface area contributed by atoms with Gasteiger partial charge < -0.3 is 9.47 Å². The highest BCUT2D eigenvalue weighted by Crippen LogP contribution is 2.51. The molecule has 24 heavy (non-hydrogen) atoms. The maximum Gasteiger partial charge on any atom is 0.431 e. The Labute approximate surface area is 134 Å². The minimum absolute atomic E-state index is 0.0168. The summed E-state index contributed by atoms with van der Waals surface area (Å²) in [7, 11) is 0.916. The van der Waals surface area contributed by atoms with Crippen LogP contribution < -0.4 is 4.74 Å². The van der Waals surface area contributed by atoms with Crippen molar-refractivity contribution in [3.05, 3.63) is 29.8 Å². The molecule has 2 nitrogen and oxygen atoms in total. The summed E-state index contributed by atoms with van der Waals surface area (Å²) in [6.07, 6.45) is -15.1. The van der Waals surface area contributed by atoms with Crippen LogP contribution in [0.15, 0.2) is 24.3 Å². The van der Waals surface area contributed by atoms with Crippen molar-refractivity contribution in [1.82, 2.24) is 0 Å². The Morgan fingerprint density at radius 2 is 1.42 bits per heavy atom. The SMILES string of the molecule is CCCOc1ccc(C(CC(F)(C(F)(F)F)C(F)(F)F)OC)cc1. The summed E-state index contributed by atoms with van der Waals surface area (Å²) in [4.78, 5) is 0. The number of methoxy groups -OCH3 is 1. The predicted octanol–water partition coefficient (Wildman–Crippen LogP) is 5.39. The molecule has 1 unspecified atom stereocenters. The summed E-state index contributed by atoms with van der Waals surface area (Å²) in [6.45, 7) is 2.27. The predicted molar refractivity (Wildman–Crippen MR) is 72.5 cm³/mol. The maximum atomic E-state index is 13.8. The van der Waals surface area contributed by atoms with Crippen LogP contribution >= 0.6 is 0 Å². The van der Waals surface area contributed by atoms with Crippen LogP contribution in [-0.4, -0.2) is 31.7 Å². The van der Waals surface area contributed by atoms with Crippen LogP contribution in [0.25, 0.3) is 0 Å². The van der Waals surface area contributed by atoms with Gasteiger partial charge in [0.25, 0.3) is 0 Å². The molecule has 0 saturated carbocycles. The molecular formula is C15H17F7O2. The largest absolute Gasteiger partial charge is 0.494 e. The molecule has 0 aliphatic heterocycles. The quantitative estimate of drug-likeness (QED) is 0.606. The lowest BCUT2D eigenvalue weighted by atomic mass is 9.92. The third kappa shape index (κ3) is 4.52. The number of rotatable bonds is 7. The van der Waals surface area contributed by atoms with Crippen molar-refractivity contribution in [3.63, 3.8) is 0 Å². The second-order valence-electron chi connectivity index (χ2n) is 5.14. The van der Waals surface area contributed by atoms with E-state index in [1.54, 1.807) is 0 Å². The molecule has 0 aliphatic rings. The van der Waals surface area contributed by atoms with Crippen molar-refractivity contribution >= 4 is 0 Å².